The van der Waals surface area contributed by atoms with Crippen LogP contribution in [0.5, 0.6) is 0 Å². The monoisotopic (exact) mass is 263 g/mol. The molecule has 0 radical (unpaired) electrons. The van der Waals surface area contributed by atoms with Gasteiger partial charge in [0, 0.05) is 12.1 Å². The number of hydrogen-bond acceptors (Lipinski definition) is 2. The molecule has 1 rings (SSSR count). The minimum absolute atomic E-state index is 0.192. The summed E-state index contributed by atoms with van der Waals surface area (Å²) in [7, 11) is 0. The van der Waals surface area contributed by atoms with Crippen LogP contribution in [0.1, 0.15) is 18.4 Å². The molecule has 18 heavy (non-hydrogen) atoms. The molecule has 0 unspecified atom stereocenters. The number of halogens is 4. The van der Waals surface area contributed by atoms with E-state index in [-0.39, 0.29) is 6.54 Å². The van der Waals surface area contributed by atoms with E-state index in [1.165, 1.54) is 18.2 Å². The fourth-order valence-corrected chi connectivity index (χ4v) is 1.39. The summed E-state index contributed by atoms with van der Waals surface area (Å²) in [6.07, 6.45) is -5.98. The van der Waals surface area contributed by atoms with Crippen molar-refractivity contribution in [3.8, 4) is 0 Å². The summed E-state index contributed by atoms with van der Waals surface area (Å²) in [5.41, 5.74) is 1.13. The Kier molecular flexibility index (Phi) is 4.69. The van der Waals surface area contributed by atoms with Gasteiger partial charge in [-0.2, -0.15) is 13.2 Å². The van der Waals surface area contributed by atoms with E-state index in [0.29, 0.717) is 11.3 Å². The summed E-state index contributed by atoms with van der Waals surface area (Å²) in [5, 5.41) is 2.69. The number of Topliss-reactive ketones (excluding diaryl/α,β-unsaturated/α-hetero) is 1. The fraction of sp³-hybridized carbons (Fsp3) is 0.417. The van der Waals surface area contributed by atoms with Crippen molar-refractivity contribution in [2.45, 2.75) is 25.9 Å². The van der Waals surface area contributed by atoms with Crippen molar-refractivity contribution < 1.29 is 22.4 Å². The molecular formula is C12H13F4NO. The number of anilines is 1. The molecule has 2 nitrogen and oxygen atoms in total. The Balaban J connectivity index is 2.43. The zero-order valence-corrected chi connectivity index (χ0v) is 9.77. The Bertz CT molecular complexity index is 429. The number of alkyl halides is 3. The first-order chi connectivity index (χ1) is 8.28. The van der Waals surface area contributed by atoms with E-state index in [2.05, 4.69) is 5.32 Å². The second kappa shape index (κ2) is 5.84. The van der Waals surface area contributed by atoms with Gasteiger partial charge in [0.1, 0.15) is 5.82 Å². The fourth-order valence-electron chi connectivity index (χ4n) is 1.39. The molecule has 0 spiro atoms. The quantitative estimate of drug-likeness (QED) is 0.824. The van der Waals surface area contributed by atoms with Crippen LogP contribution >= 0.6 is 0 Å². The number of nitrogens with one attached hydrogen (secondary N) is 1. The Morgan fingerprint density at radius 2 is 2.00 bits per heavy atom. The summed E-state index contributed by atoms with van der Waals surface area (Å²) in [5.74, 6) is -0.933. The number of aryl methyl sites for hydroxylation is 1. The molecule has 0 amide bonds. The van der Waals surface area contributed by atoms with Crippen LogP contribution in [-0.4, -0.2) is 18.5 Å². The van der Waals surface area contributed by atoms with E-state index in [4.69, 9.17) is 0 Å². The maximum absolute atomic E-state index is 12.8. The van der Waals surface area contributed by atoms with Gasteiger partial charge in [-0.1, -0.05) is 0 Å². The number of hydrogen-bond donors (Lipinski definition) is 1. The molecule has 0 saturated heterocycles. The second-order valence-corrected chi connectivity index (χ2v) is 3.97. The van der Waals surface area contributed by atoms with Crippen LogP contribution in [0.2, 0.25) is 0 Å². The lowest BCUT2D eigenvalue weighted by molar-refractivity contribution is -0.142. The predicted octanol–water partition coefficient (Wildman–Crippen LogP) is 3.46. The zero-order valence-electron chi connectivity index (χ0n) is 9.77. The zero-order chi connectivity index (χ0) is 13.8. The van der Waals surface area contributed by atoms with E-state index in [0.717, 1.165) is 0 Å². The highest BCUT2D eigenvalue weighted by atomic mass is 19.4. The van der Waals surface area contributed by atoms with Crippen LogP contribution in [0.4, 0.5) is 23.2 Å². The topological polar surface area (TPSA) is 29.1 Å². The molecule has 1 N–H and O–H groups in total. The first-order valence-electron chi connectivity index (χ1n) is 5.36. The predicted molar refractivity (Wildman–Crippen MR) is 59.9 cm³/mol. The van der Waals surface area contributed by atoms with Gasteiger partial charge in [0.05, 0.1) is 13.0 Å². The third kappa shape index (κ3) is 5.16. The molecule has 1 aromatic rings. The number of carbonyl (C=O) groups excluding carboxylic acids is 1. The minimum Gasteiger partial charge on any atom is -0.378 e. The SMILES string of the molecule is Cc1cc(F)ccc1NCC(=O)CCC(F)(F)F. The Hall–Kier alpha value is -1.59. The molecule has 6 heteroatoms. The van der Waals surface area contributed by atoms with Crippen LogP contribution in [0.15, 0.2) is 18.2 Å². The molecule has 0 atom stereocenters. The maximum Gasteiger partial charge on any atom is 0.389 e. The molecule has 0 fully saturated rings. The highest BCUT2D eigenvalue weighted by Gasteiger charge is 2.27. The van der Waals surface area contributed by atoms with E-state index in [1.807, 2.05) is 0 Å². The average molecular weight is 263 g/mol. The van der Waals surface area contributed by atoms with Crippen LogP contribution in [0.3, 0.4) is 0 Å². The van der Waals surface area contributed by atoms with Gasteiger partial charge < -0.3 is 5.32 Å². The molecule has 0 aliphatic heterocycles. The van der Waals surface area contributed by atoms with Gasteiger partial charge in [-0.15, -0.1) is 0 Å². The van der Waals surface area contributed by atoms with E-state index in [1.54, 1.807) is 6.92 Å². The second-order valence-electron chi connectivity index (χ2n) is 3.97. The standard InChI is InChI=1S/C12H13F4NO/c1-8-6-9(13)2-3-11(8)17-7-10(18)4-5-12(14,15)16/h2-3,6,17H,4-5,7H2,1H3. The van der Waals surface area contributed by atoms with Crippen LogP contribution < -0.4 is 5.32 Å². The number of rotatable bonds is 5. The lowest BCUT2D eigenvalue weighted by atomic mass is 10.1. The molecule has 0 aromatic heterocycles. The lowest BCUT2D eigenvalue weighted by Crippen LogP contribution is -2.17. The lowest BCUT2D eigenvalue weighted by Gasteiger charge is -2.09. The summed E-state index contributed by atoms with van der Waals surface area (Å²) in [6, 6.07) is 3.94. The van der Waals surface area contributed by atoms with Crippen molar-refractivity contribution in [2.75, 3.05) is 11.9 Å². The third-order valence-electron chi connectivity index (χ3n) is 2.35. The molecule has 1 aromatic carbocycles. The Morgan fingerprint density at radius 3 is 2.56 bits per heavy atom. The van der Waals surface area contributed by atoms with E-state index < -0.39 is 30.6 Å². The molecule has 100 valence electrons. The first kappa shape index (κ1) is 14.5. The summed E-state index contributed by atoms with van der Waals surface area (Å²) in [4.78, 5) is 11.2. The smallest absolute Gasteiger partial charge is 0.378 e. The summed E-state index contributed by atoms with van der Waals surface area (Å²) in [6.45, 7) is 1.45. The van der Waals surface area contributed by atoms with Gasteiger partial charge >= 0.3 is 6.18 Å². The van der Waals surface area contributed by atoms with Crippen molar-refractivity contribution in [1.82, 2.24) is 0 Å². The van der Waals surface area contributed by atoms with Crippen molar-refractivity contribution in [3.63, 3.8) is 0 Å². The van der Waals surface area contributed by atoms with Gasteiger partial charge in [-0.05, 0) is 30.7 Å². The van der Waals surface area contributed by atoms with Crippen molar-refractivity contribution >= 4 is 11.5 Å². The minimum atomic E-state index is -4.32. The Labute approximate surface area is 102 Å². The largest absolute Gasteiger partial charge is 0.389 e. The van der Waals surface area contributed by atoms with Crippen LogP contribution in [0.25, 0.3) is 0 Å². The van der Waals surface area contributed by atoms with Crippen LogP contribution in [0, 0.1) is 12.7 Å². The summed E-state index contributed by atoms with van der Waals surface area (Å²) < 4.78 is 48.4. The van der Waals surface area contributed by atoms with Crippen molar-refractivity contribution in [3.05, 3.63) is 29.6 Å². The van der Waals surface area contributed by atoms with Gasteiger partial charge in [0.2, 0.25) is 0 Å². The number of carbonyl (C=O) groups is 1. The van der Waals surface area contributed by atoms with Crippen LogP contribution in [-0.2, 0) is 4.79 Å². The summed E-state index contributed by atoms with van der Waals surface area (Å²) >= 11 is 0. The van der Waals surface area contributed by atoms with E-state index in [9.17, 15) is 22.4 Å². The molecule has 0 bridgehead atoms. The maximum atomic E-state index is 12.8. The average Bonchev–Trinajstić information content (AvgIpc) is 2.24. The number of ketones is 1. The van der Waals surface area contributed by atoms with Crippen molar-refractivity contribution in [2.24, 2.45) is 0 Å². The molecule has 0 heterocycles. The molecule has 0 saturated carbocycles. The third-order valence-corrected chi connectivity index (χ3v) is 2.35. The van der Waals surface area contributed by atoms with Gasteiger partial charge in [-0.25, -0.2) is 4.39 Å². The van der Waals surface area contributed by atoms with Gasteiger partial charge in [0.25, 0.3) is 0 Å². The number of benzene rings is 1. The van der Waals surface area contributed by atoms with Gasteiger partial charge in [0.15, 0.2) is 5.78 Å². The van der Waals surface area contributed by atoms with Gasteiger partial charge in [-0.3, -0.25) is 4.79 Å². The highest BCUT2D eigenvalue weighted by molar-refractivity contribution is 5.83. The Morgan fingerprint density at radius 1 is 1.33 bits per heavy atom. The normalized spacial score (nSPS) is 11.4. The molecule has 0 aliphatic rings. The highest BCUT2D eigenvalue weighted by Crippen LogP contribution is 2.21. The molecule has 0 aliphatic carbocycles. The van der Waals surface area contributed by atoms with E-state index >= 15 is 0 Å². The van der Waals surface area contributed by atoms with Crippen molar-refractivity contribution in [1.29, 1.82) is 0 Å². The molecular weight excluding hydrogens is 250 g/mol. The first-order valence-corrected chi connectivity index (χ1v) is 5.36.